The van der Waals surface area contributed by atoms with E-state index in [4.69, 9.17) is 5.26 Å². The molecule has 0 aromatic heterocycles. The third-order valence-electron chi connectivity index (χ3n) is 0.930. The van der Waals surface area contributed by atoms with E-state index in [9.17, 15) is 0 Å². The molecule has 0 aliphatic carbocycles. The highest BCUT2D eigenvalue weighted by Crippen LogP contribution is 1.91. The van der Waals surface area contributed by atoms with Crippen molar-refractivity contribution in [1.82, 2.24) is 5.32 Å². The molecule has 0 amide bonds. The molecule has 0 aromatic carbocycles. The second-order valence-corrected chi connectivity index (χ2v) is 1.50. The van der Waals surface area contributed by atoms with Crippen LogP contribution in [0, 0.1) is 11.3 Å². The Morgan fingerprint density at radius 1 is 1.75 bits per heavy atom. The van der Waals surface area contributed by atoms with Crippen molar-refractivity contribution in [3.05, 3.63) is 23.9 Å². The second-order valence-electron chi connectivity index (χ2n) is 1.50. The molecule has 1 aliphatic rings. The summed E-state index contributed by atoms with van der Waals surface area (Å²) >= 11 is 0. The van der Waals surface area contributed by atoms with E-state index in [2.05, 4.69) is 5.32 Å². The number of hydrogen-bond donors (Lipinski definition) is 1. The molecule has 2 heteroatoms. The minimum atomic E-state index is 0.646. The molecule has 0 unspecified atom stereocenters. The van der Waals surface area contributed by atoms with Gasteiger partial charge in [0.25, 0.3) is 0 Å². The van der Waals surface area contributed by atoms with Crippen LogP contribution in [0.4, 0.5) is 0 Å². The standard InChI is InChI=1S/C6H6N2/c7-5-6-3-1-2-4-8-6/h1-3,8H,4H2. The Bertz CT molecular complexity index is 171. The van der Waals surface area contributed by atoms with Crippen LogP contribution in [0.2, 0.25) is 0 Å². The zero-order valence-corrected chi connectivity index (χ0v) is 4.39. The van der Waals surface area contributed by atoms with Gasteiger partial charge in [0.1, 0.15) is 11.8 Å². The molecular weight excluding hydrogens is 100 g/mol. The summed E-state index contributed by atoms with van der Waals surface area (Å²) in [5, 5.41) is 11.2. The molecule has 40 valence electrons. The van der Waals surface area contributed by atoms with Crippen LogP contribution in [0.1, 0.15) is 0 Å². The van der Waals surface area contributed by atoms with Crippen molar-refractivity contribution in [2.45, 2.75) is 0 Å². The SMILES string of the molecule is N#CC1=CC=CCN1. The van der Waals surface area contributed by atoms with Crippen LogP contribution in [0.15, 0.2) is 23.9 Å². The zero-order chi connectivity index (χ0) is 5.82. The maximum Gasteiger partial charge on any atom is 0.117 e. The van der Waals surface area contributed by atoms with Gasteiger partial charge in [-0.2, -0.15) is 5.26 Å². The summed E-state index contributed by atoms with van der Waals surface area (Å²) in [6.07, 6.45) is 5.58. The first-order valence-corrected chi connectivity index (χ1v) is 2.44. The summed E-state index contributed by atoms with van der Waals surface area (Å²) in [6, 6.07) is 2.00. The fourth-order valence-corrected chi connectivity index (χ4v) is 0.537. The molecule has 0 fully saturated rings. The lowest BCUT2D eigenvalue weighted by Crippen LogP contribution is -2.13. The molecule has 2 nitrogen and oxygen atoms in total. The van der Waals surface area contributed by atoms with Gasteiger partial charge in [-0.05, 0) is 6.08 Å². The minimum Gasteiger partial charge on any atom is -0.373 e. The van der Waals surface area contributed by atoms with E-state index < -0.39 is 0 Å². The number of nitriles is 1. The van der Waals surface area contributed by atoms with Crippen molar-refractivity contribution in [1.29, 1.82) is 5.26 Å². The Morgan fingerprint density at radius 2 is 2.62 bits per heavy atom. The fourth-order valence-electron chi connectivity index (χ4n) is 0.537. The first-order chi connectivity index (χ1) is 3.93. The van der Waals surface area contributed by atoms with E-state index in [0.717, 1.165) is 6.54 Å². The van der Waals surface area contributed by atoms with E-state index in [-0.39, 0.29) is 0 Å². The molecule has 8 heavy (non-hydrogen) atoms. The predicted octanol–water partition coefficient (Wildman–Crippen LogP) is 0.553. The Kier molecular flexibility index (Phi) is 1.34. The summed E-state index contributed by atoms with van der Waals surface area (Å²) in [5.41, 5.74) is 0.646. The summed E-state index contributed by atoms with van der Waals surface area (Å²) in [4.78, 5) is 0. The highest BCUT2D eigenvalue weighted by molar-refractivity contribution is 5.27. The third-order valence-corrected chi connectivity index (χ3v) is 0.930. The van der Waals surface area contributed by atoms with Crippen LogP contribution < -0.4 is 5.32 Å². The van der Waals surface area contributed by atoms with Crippen molar-refractivity contribution in [2.75, 3.05) is 6.54 Å². The lowest BCUT2D eigenvalue weighted by atomic mass is 10.3. The zero-order valence-electron chi connectivity index (χ0n) is 4.39. The first kappa shape index (κ1) is 4.92. The third kappa shape index (κ3) is 0.881. The van der Waals surface area contributed by atoms with E-state index in [0.29, 0.717) is 5.70 Å². The van der Waals surface area contributed by atoms with Gasteiger partial charge in [0.15, 0.2) is 0 Å². The molecule has 0 spiro atoms. The van der Waals surface area contributed by atoms with Crippen molar-refractivity contribution in [3.8, 4) is 6.07 Å². The number of allylic oxidation sites excluding steroid dienone is 3. The van der Waals surface area contributed by atoms with Gasteiger partial charge in [-0.3, -0.25) is 0 Å². The van der Waals surface area contributed by atoms with Crippen LogP contribution in [0.25, 0.3) is 0 Å². The van der Waals surface area contributed by atoms with E-state index in [1.807, 2.05) is 18.2 Å². The summed E-state index contributed by atoms with van der Waals surface area (Å²) in [6.45, 7) is 0.777. The number of nitrogens with one attached hydrogen (secondary N) is 1. The van der Waals surface area contributed by atoms with Crippen LogP contribution in [0.5, 0.6) is 0 Å². The average molecular weight is 106 g/mol. The summed E-state index contributed by atoms with van der Waals surface area (Å²) in [5.74, 6) is 0. The molecule has 0 atom stereocenters. The minimum absolute atomic E-state index is 0.646. The molecule has 0 bridgehead atoms. The number of rotatable bonds is 0. The lowest BCUT2D eigenvalue weighted by Gasteiger charge is -2.01. The van der Waals surface area contributed by atoms with E-state index in [1.165, 1.54) is 0 Å². The monoisotopic (exact) mass is 106 g/mol. The van der Waals surface area contributed by atoms with Gasteiger partial charge in [0.2, 0.25) is 0 Å². The van der Waals surface area contributed by atoms with Gasteiger partial charge in [-0.1, -0.05) is 12.2 Å². The Labute approximate surface area is 48.1 Å². The molecule has 0 saturated heterocycles. The van der Waals surface area contributed by atoms with Crippen molar-refractivity contribution in [3.63, 3.8) is 0 Å². The van der Waals surface area contributed by atoms with Gasteiger partial charge in [0.05, 0.1) is 0 Å². The van der Waals surface area contributed by atoms with Gasteiger partial charge >= 0.3 is 0 Å². The van der Waals surface area contributed by atoms with Gasteiger partial charge in [-0.25, -0.2) is 0 Å². The smallest absolute Gasteiger partial charge is 0.117 e. The van der Waals surface area contributed by atoms with Gasteiger partial charge in [-0.15, -0.1) is 0 Å². The van der Waals surface area contributed by atoms with Crippen molar-refractivity contribution < 1.29 is 0 Å². The highest BCUT2D eigenvalue weighted by Gasteiger charge is 1.91. The van der Waals surface area contributed by atoms with E-state index >= 15 is 0 Å². The topological polar surface area (TPSA) is 35.8 Å². The Morgan fingerprint density at radius 3 is 3.00 bits per heavy atom. The Hall–Kier alpha value is -1.23. The van der Waals surface area contributed by atoms with E-state index in [1.54, 1.807) is 6.08 Å². The number of dihydropyridines is 1. The average Bonchev–Trinajstić information content (AvgIpc) is 1.90. The molecule has 1 N–H and O–H groups in total. The largest absolute Gasteiger partial charge is 0.373 e. The number of nitrogens with zero attached hydrogens (tertiary/aromatic N) is 1. The molecule has 1 rings (SSSR count). The highest BCUT2D eigenvalue weighted by atomic mass is 14.9. The molecule has 0 radical (unpaired) electrons. The second kappa shape index (κ2) is 2.17. The lowest BCUT2D eigenvalue weighted by molar-refractivity contribution is 0.926. The van der Waals surface area contributed by atoms with Crippen molar-refractivity contribution >= 4 is 0 Å². The summed E-state index contributed by atoms with van der Waals surface area (Å²) in [7, 11) is 0. The predicted molar refractivity (Wildman–Crippen MR) is 30.8 cm³/mol. The van der Waals surface area contributed by atoms with Crippen LogP contribution in [-0.2, 0) is 0 Å². The van der Waals surface area contributed by atoms with Crippen LogP contribution in [0.3, 0.4) is 0 Å². The maximum absolute atomic E-state index is 8.28. The number of hydrogen-bond acceptors (Lipinski definition) is 2. The molecule has 0 aromatic rings. The first-order valence-electron chi connectivity index (χ1n) is 2.44. The van der Waals surface area contributed by atoms with Crippen molar-refractivity contribution in [2.24, 2.45) is 0 Å². The van der Waals surface area contributed by atoms with Crippen LogP contribution in [-0.4, -0.2) is 6.54 Å². The Balaban J connectivity index is 2.67. The fraction of sp³-hybridized carbons (Fsp3) is 0.167. The normalized spacial score (nSPS) is 16.1. The maximum atomic E-state index is 8.28. The molecular formula is C6H6N2. The molecule has 1 aliphatic heterocycles. The van der Waals surface area contributed by atoms with Gasteiger partial charge < -0.3 is 5.32 Å². The molecule has 0 saturated carbocycles. The van der Waals surface area contributed by atoms with Gasteiger partial charge in [0, 0.05) is 6.54 Å². The van der Waals surface area contributed by atoms with Crippen LogP contribution >= 0.6 is 0 Å². The molecule has 1 heterocycles. The quantitative estimate of drug-likeness (QED) is 0.489. The summed E-state index contributed by atoms with van der Waals surface area (Å²) < 4.78 is 0.